The average Bonchev–Trinajstić information content (AvgIpc) is 3.21. The second-order valence-electron chi connectivity index (χ2n) is 9.34. The van der Waals surface area contributed by atoms with Gasteiger partial charge >= 0.3 is 6.09 Å². The van der Waals surface area contributed by atoms with Crippen molar-refractivity contribution in [3.63, 3.8) is 0 Å². The topological polar surface area (TPSA) is 98.6 Å². The highest BCUT2D eigenvalue weighted by molar-refractivity contribution is 7.91. The number of benzene rings is 2. The molecule has 8 nitrogen and oxygen atoms in total. The van der Waals surface area contributed by atoms with E-state index < -0.39 is 38.9 Å². The molecule has 1 atom stereocenters. The molecule has 1 unspecified atom stereocenters. The third kappa shape index (κ3) is 4.54. The van der Waals surface area contributed by atoms with Crippen LogP contribution in [0.15, 0.2) is 52.2 Å². The number of sulfone groups is 1. The van der Waals surface area contributed by atoms with E-state index in [0.717, 1.165) is 6.26 Å². The maximum absolute atomic E-state index is 14.2. The van der Waals surface area contributed by atoms with Gasteiger partial charge in [0.25, 0.3) is 5.56 Å². The highest BCUT2D eigenvalue weighted by atomic mass is 32.2. The van der Waals surface area contributed by atoms with Gasteiger partial charge in [0.2, 0.25) is 0 Å². The number of hydrogen-bond acceptors (Lipinski definition) is 6. The lowest BCUT2D eigenvalue weighted by atomic mass is 10.1. The Labute approximate surface area is 196 Å². The van der Waals surface area contributed by atoms with Crippen LogP contribution in [0.25, 0.3) is 16.6 Å². The first-order valence-electron chi connectivity index (χ1n) is 10.9. The first-order valence-corrected chi connectivity index (χ1v) is 12.8. The van der Waals surface area contributed by atoms with Crippen molar-refractivity contribution in [2.45, 2.75) is 50.2 Å². The van der Waals surface area contributed by atoms with Crippen molar-refractivity contribution < 1.29 is 22.3 Å². The van der Waals surface area contributed by atoms with Gasteiger partial charge in [0, 0.05) is 12.8 Å². The van der Waals surface area contributed by atoms with Crippen LogP contribution < -0.4 is 5.56 Å². The van der Waals surface area contributed by atoms with E-state index >= 15 is 0 Å². The van der Waals surface area contributed by atoms with Gasteiger partial charge in [0.15, 0.2) is 9.84 Å². The molecule has 0 spiro atoms. The lowest BCUT2D eigenvalue weighted by molar-refractivity contribution is 0.0216. The summed E-state index contributed by atoms with van der Waals surface area (Å²) in [5.41, 5.74) is -0.990. The van der Waals surface area contributed by atoms with Crippen molar-refractivity contribution in [2.24, 2.45) is 0 Å². The van der Waals surface area contributed by atoms with Gasteiger partial charge in [-0.05, 0) is 63.9 Å². The Morgan fingerprint density at radius 3 is 2.53 bits per heavy atom. The maximum Gasteiger partial charge on any atom is 0.410 e. The molecular weight excluding hydrogens is 461 g/mol. The summed E-state index contributed by atoms with van der Waals surface area (Å²) in [5.74, 6) is -0.348. The van der Waals surface area contributed by atoms with E-state index in [-0.39, 0.29) is 27.3 Å². The predicted molar refractivity (Wildman–Crippen MR) is 125 cm³/mol. The molecule has 4 rings (SSSR count). The minimum atomic E-state index is -3.75. The molecule has 34 heavy (non-hydrogen) atoms. The molecule has 1 aliphatic rings. The molecule has 1 saturated heterocycles. The molecule has 3 aromatic rings. The van der Waals surface area contributed by atoms with Crippen LogP contribution in [0.1, 0.15) is 45.5 Å². The third-order valence-corrected chi connectivity index (χ3v) is 6.67. The fourth-order valence-electron chi connectivity index (χ4n) is 4.19. The molecule has 0 radical (unpaired) electrons. The van der Waals surface area contributed by atoms with Gasteiger partial charge in [0.1, 0.15) is 17.2 Å². The Hall–Kier alpha value is -3.27. The number of carbonyl (C=O) groups is 1. The van der Waals surface area contributed by atoms with Crippen LogP contribution in [-0.2, 0) is 14.6 Å². The molecular formula is C24H26FN3O5S. The van der Waals surface area contributed by atoms with Gasteiger partial charge < -0.3 is 4.74 Å². The molecule has 0 aliphatic carbocycles. The van der Waals surface area contributed by atoms with Crippen molar-refractivity contribution in [2.75, 3.05) is 12.8 Å². The summed E-state index contributed by atoms with van der Waals surface area (Å²) in [7, 11) is -3.75. The summed E-state index contributed by atoms with van der Waals surface area (Å²) in [4.78, 5) is 32.7. The fraction of sp³-hybridized carbons (Fsp3) is 0.375. The summed E-state index contributed by atoms with van der Waals surface area (Å²) in [6, 6.07) is 9.21. The van der Waals surface area contributed by atoms with E-state index in [2.05, 4.69) is 4.98 Å². The van der Waals surface area contributed by atoms with Crippen LogP contribution in [0.5, 0.6) is 0 Å². The number of carbonyl (C=O) groups excluding carboxylic acids is 1. The molecule has 1 aliphatic heterocycles. The van der Waals surface area contributed by atoms with Crippen LogP contribution in [0.2, 0.25) is 0 Å². The first-order chi connectivity index (χ1) is 15.9. The van der Waals surface area contributed by atoms with Crippen molar-refractivity contribution in [3.05, 3.63) is 64.5 Å². The van der Waals surface area contributed by atoms with E-state index in [1.807, 2.05) is 0 Å². The lowest BCUT2D eigenvalue weighted by Crippen LogP contribution is -2.38. The van der Waals surface area contributed by atoms with Gasteiger partial charge in [-0.1, -0.05) is 12.1 Å². The smallest absolute Gasteiger partial charge is 0.410 e. The van der Waals surface area contributed by atoms with Crippen molar-refractivity contribution in [1.82, 2.24) is 14.5 Å². The van der Waals surface area contributed by atoms with Gasteiger partial charge in [0.05, 0.1) is 27.5 Å². The molecule has 0 saturated carbocycles. The van der Waals surface area contributed by atoms with Crippen LogP contribution in [0.3, 0.4) is 0 Å². The highest BCUT2D eigenvalue weighted by Gasteiger charge is 2.36. The van der Waals surface area contributed by atoms with Gasteiger partial charge in [-0.2, -0.15) is 0 Å². The molecule has 0 N–H and O–H groups in total. The number of aromatic nitrogens is 2. The average molecular weight is 488 g/mol. The first kappa shape index (κ1) is 23.9. The summed E-state index contributed by atoms with van der Waals surface area (Å²) in [5, 5.41) is -0.0835. The van der Waals surface area contributed by atoms with Crippen LogP contribution in [0, 0.1) is 5.82 Å². The Kier molecular flexibility index (Phi) is 5.97. The normalized spacial score (nSPS) is 16.7. The molecule has 1 amide bonds. The van der Waals surface area contributed by atoms with Crippen molar-refractivity contribution >= 4 is 26.8 Å². The number of hydrogen-bond donors (Lipinski definition) is 0. The molecule has 0 bridgehead atoms. The highest BCUT2D eigenvalue weighted by Crippen LogP contribution is 2.34. The number of fused-ring (bicyclic) bond motifs is 1. The molecule has 2 aromatic carbocycles. The number of rotatable bonds is 3. The summed E-state index contributed by atoms with van der Waals surface area (Å²) in [6.07, 6.45) is 1.64. The zero-order valence-electron chi connectivity index (χ0n) is 19.4. The van der Waals surface area contributed by atoms with Gasteiger partial charge in [-0.25, -0.2) is 22.6 Å². The zero-order valence-corrected chi connectivity index (χ0v) is 20.2. The SMILES string of the molecule is CC(C)(C)OC(=O)N1CCCC1c1nc2cccc(S(C)(=O)=O)c2c(=O)n1-c1cccc(F)c1. The lowest BCUT2D eigenvalue weighted by Gasteiger charge is -2.29. The molecule has 180 valence electrons. The van der Waals surface area contributed by atoms with E-state index in [0.29, 0.717) is 19.4 Å². The van der Waals surface area contributed by atoms with E-state index in [1.165, 1.54) is 45.9 Å². The molecule has 10 heteroatoms. The number of ether oxygens (including phenoxy) is 1. The Morgan fingerprint density at radius 1 is 1.18 bits per heavy atom. The number of likely N-dealkylation sites (tertiary alicyclic amines) is 1. The van der Waals surface area contributed by atoms with Crippen LogP contribution in [-0.4, -0.2) is 47.4 Å². The second-order valence-corrected chi connectivity index (χ2v) is 11.3. The Balaban J connectivity index is 2.01. The maximum atomic E-state index is 14.2. The van der Waals surface area contributed by atoms with E-state index in [4.69, 9.17) is 4.74 Å². The van der Waals surface area contributed by atoms with Crippen LogP contribution in [0.4, 0.5) is 9.18 Å². The summed E-state index contributed by atoms with van der Waals surface area (Å²) >= 11 is 0. The quantitative estimate of drug-likeness (QED) is 0.554. The second kappa shape index (κ2) is 8.50. The number of halogens is 1. The Bertz CT molecular complexity index is 1440. The van der Waals surface area contributed by atoms with E-state index in [9.17, 15) is 22.4 Å². The summed E-state index contributed by atoms with van der Waals surface area (Å²) in [6.45, 7) is 5.69. The minimum Gasteiger partial charge on any atom is -0.444 e. The molecule has 2 heterocycles. The fourth-order valence-corrected chi connectivity index (χ4v) is 5.08. The molecule has 1 aromatic heterocycles. The molecule has 1 fully saturated rings. The van der Waals surface area contributed by atoms with Crippen molar-refractivity contribution in [1.29, 1.82) is 0 Å². The number of amides is 1. The van der Waals surface area contributed by atoms with Crippen LogP contribution >= 0.6 is 0 Å². The van der Waals surface area contributed by atoms with Gasteiger partial charge in [-0.3, -0.25) is 14.3 Å². The predicted octanol–water partition coefficient (Wildman–Crippen LogP) is 4.00. The largest absolute Gasteiger partial charge is 0.444 e. The van der Waals surface area contributed by atoms with Gasteiger partial charge in [-0.15, -0.1) is 0 Å². The van der Waals surface area contributed by atoms with Crippen molar-refractivity contribution in [3.8, 4) is 5.69 Å². The third-order valence-electron chi connectivity index (χ3n) is 5.53. The van der Waals surface area contributed by atoms with E-state index in [1.54, 1.807) is 26.8 Å². The standard InChI is InChI=1S/C24H26FN3O5S/c1-24(2,3)33-23(30)27-13-7-11-18(27)21-26-17-10-6-12-19(34(4,31)32)20(17)22(29)28(21)16-9-5-8-15(25)14-16/h5-6,8-10,12,14,18H,7,11,13H2,1-4H3. The number of nitrogens with zero attached hydrogens (tertiary/aromatic N) is 3. The zero-order chi connectivity index (χ0) is 24.8. The summed E-state index contributed by atoms with van der Waals surface area (Å²) < 4.78 is 45.7. The Morgan fingerprint density at radius 2 is 1.88 bits per heavy atom. The monoisotopic (exact) mass is 487 g/mol. The minimum absolute atomic E-state index is 0.0835.